The lowest BCUT2D eigenvalue weighted by molar-refractivity contribution is -0.144. The average molecular weight is 332 g/mol. The zero-order chi connectivity index (χ0) is 17.9. The third kappa shape index (κ3) is 4.09. The summed E-state index contributed by atoms with van der Waals surface area (Å²) in [7, 11) is 0. The van der Waals surface area contributed by atoms with Gasteiger partial charge in [-0.3, -0.25) is 4.79 Å². The number of para-hydroxylation sites is 1. The molecule has 0 saturated heterocycles. The molecule has 0 aliphatic rings. The molecule has 24 heavy (non-hydrogen) atoms. The lowest BCUT2D eigenvalue weighted by atomic mass is 10.1. The number of benzene rings is 1. The maximum Gasteiger partial charge on any atom is 0.428 e. The quantitative estimate of drug-likeness (QED) is 0.683. The Labute approximate surface area is 139 Å². The van der Waals surface area contributed by atoms with Crippen LogP contribution in [0.3, 0.4) is 0 Å². The van der Waals surface area contributed by atoms with E-state index in [-0.39, 0.29) is 0 Å². The molecule has 0 fully saturated rings. The second kappa shape index (κ2) is 6.69. The van der Waals surface area contributed by atoms with Crippen LogP contribution in [0.5, 0.6) is 0 Å². The van der Waals surface area contributed by atoms with E-state index >= 15 is 0 Å². The standard InChI is InChI=1S/C16H20N4O4/c1-6-13(23-10(2)21)11-8-7-9-12-14(11)20(19-17-12)18-15(22)24-16(3,4)5/h6-9,13H,1H2,2-5H3,(H,18,22). The Hall–Kier alpha value is -2.90. The first-order chi connectivity index (χ1) is 11.2. The zero-order valence-corrected chi connectivity index (χ0v) is 14.1. The number of nitrogens with zero attached hydrogens (tertiary/aromatic N) is 3. The van der Waals surface area contributed by atoms with Crippen LogP contribution < -0.4 is 5.43 Å². The number of ether oxygens (including phenoxy) is 2. The predicted molar refractivity (Wildman–Crippen MR) is 87.8 cm³/mol. The number of carbonyl (C=O) groups is 2. The average Bonchev–Trinajstić information content (AvgIpc) is 2.85. The van der Waals surface area contributed by atoms with Gasteiger partial charge in [0.2, 0.25) is 0 Å². The molecule has 1 unspecified atom stereocenters. The largest absolute Gasteiger partial charge is 0.453 e. The van der Waals surface area contributed by atoms with Gasteiger partial charge in [-0.25, -0.2) is 10.2 Å². The first-order valence-corrected chi connectivity index (χ1v) is 7.35. The highest BCUT2D eigenvalue weighted by molar-refractivity contribution is 5.83. The summed E-state index contributed by atoms with van der Waals surface area (Å²) in [5.41, 5.74) is 3.47. The first kappa shape index (κ1) is 17.5. The van der Waals surface area contributed by atoms with Gasteiger partial charge in [-0.15, -0.1) is 9.89 Å². The minimum absolute atomic E-state index is 0.448. The zero-order valence-electron chi connectivity index (χ0n) is 14.1. The number of rotatable bonds is 4. The topological polar surface area (TPSA) is 95.3 Å². The summed E-state index contributed by atoms with van der Waals surface area (Å²) < 4.78 is 10.4. The Balaban J connectivity index is 2.40. The van der Waals surface area contributed by atoms with Gasteiger partial charge in [0.25, 0.3) is 0 Å². The van der Waals surface area contributed by atoms with Crippen molar-refractivity contribution in [2.24, 2.45) is 0 Å². The Morgan fingerprint density at radius 3 is 2.67 bits per heavy atom. The SMILES string of the molecule is C=CC(OC(C)=O)c1cccc2nnn(NC(=O)OC(C)(C)C)c12. The van der Waals surface area contributed by atoms with E-state index in [1.54, 1.807) is 39.0 Å². The van der Waals surface area contributed by atoms with Crippen molar-refractivity contribution in [3.8, 4) is 0 Å². The Morgan fingerprint density at radius 1 is 1.38 bits per heavy atom. The molecular formula is C16H20N4O4. The number of fused-ring (bicyclic) bond motifs is 1. The number of amides is 1. The lowest BCUT2D eigenvalue weighted by Crippen LogP contribution is -2.32. The minimum Gasteiger partial charge on any atom is -0.453 e. The number of aromatic nitrogens is 3. The Morgan fingerprint density at radius 2 is 2.08 bits per heavy atom. The monoisotopic (exact) mass is 332 g/mol. The number of hydrogen-bond acceptors (Lipinski definition) is 6. The van der Waals surface area contributed by atoms with Gasteiger partial charge in [-0.05, 0) is 38.1 Å². The summed E-state index contributed by atoms with van der Waals surface area (Å²) in [6.45, 7) is 10.3. The van der Waals surface area contributed by atoms with Crippen molar-refractivity contribution < 1.29 is 19.1 Å². The van der Waals surface area contributed by atoms with Crippen molar-refractivity contribution in [3.05, 3.63) is 36.4 Å². The second-order valence-corrected chi connectivity index (χ2v) is 6.10. The van der Waals surface area contributed by atoms with E-state index in [0.29, 0.717) is 16.6 Å². The van der Waals surface area contributed by atoms with Crippen molar-refractivity contribution in [1.82, 2.24) is 15.1 Å². The summed E-state index contributed by atoms with van der Waals surface area (Å²) in [5, 5.41) is 7.89. The van der Waals surface area contributed by atoms with Crippen molar-refractivity contribution in [3.63, 3.8) is 0 Å². The molecule has 0 spiro atoms. The fraction of sp³-hybridized carbons (Fsp3) is 0.375. The number of esters is 1. The van der Waals surface area contributed by atoms with E-state index in [2.05, 4.69) is 22.3 Å². The van der Waals surface area contributed by atoms with Crippen LogP contribution in [0.15, 0.2) is 30.9 Å². The van der Waals surface area contributed by atoms with E-state index < -0.39 is 23.8 Å². The molecule has 0 aliphatic heterocycles. The summed E-state index contributed by atoms with van der Waals surface area (Å²) in [4.78, 5) is 24.4. The normalized spacial score (nSPS) is 12.5. The molecule has 0 saturated carbocycles. The number of nitrogens with one attached hydrogen (secondary N) is 1. The van der Waals surface area contributed by atoms with Crippen LogP contribution in [0.2, 0.25) is 0 Å². The van der Waals surface area contributed by atoms with Gasteiger partial charge in [-0.2, -0.15) is 0 Å². The lowest BCUT2D eigenvalue weighted by Gasteiger charge is -2.20. The van der Waals surface area contributed by atoms with E-state index in [0.717, 1.165) is 0 Å². The smallest absolute Gasteiger partial charge is 0.428 e. The number of hydrogen-bond donors (Lipinski definition) is 1. The molecular weight excluding hydrogens is 312 g/mol. The minimum atomic E-state index is -0.691. The highest BCUT2D eigenvalue weighted by Gasteiger charge is 2.21. The molecule has 2 aromatic rings. The highest BCUT2D eigenvalue weighted by Crippen LogP contribution is 2.26. The third-order valence-electron chi connectivity index (χ3n) is 2.91. The maximum atomic E-state index is 12.0. The molecule has 1 aromatic carbocycles. The van der Waals surface area contributed by atoms with Crippen molar-refractivity contribution >= 4 is 23.1 Å². The summed E-state index contributed by atoms with van der Waals surface area (Å²) in [6.07, 6.45) is 0.122. The van der Waals surface area contributed by atoms with Crippen LogP contribution in [-0.2, 0) is 14.3 Å². The van der Waals surface area contributed by atoms with Crippen LogP contribution in [-0.4, -0.2) is 32.8 Å². The molecule has 1 heterocycles. The summed E-state index contributed by atoms with van der Waals surface area (Å²) in [6, 6.07) is 5.23. The van der Waals surface area contributed by atoms with Crippen LogP contribution in [0.4, 0.5) is 4.79 Å². The van der Waals surface area contributed by atoms with Gasteiger partial charge in [0, 0.05) is 12.5 Å². The van der Waals surface area contributed by atoms with E-state index in [1.807, 2.05) is 0 Å². The number of carbonyl (C=O) groups excluding carboxylic acids is 2. The fourth-order valence-corrected chi connectivity index (χ4v) is 2.11. The van der Waals surface area contributed by atoms with Crippen molar-refractivity contribution in [2.75, 3.05) is 5.43 Å². The van der Waals surface area contributed by atoms with E-state index in [9.17, 15) is 9.59 Å². The molecule has 8 nitrogen and oxygen atoms in total. The van der Waals surface area contributed by atoms with Gasteiger partial charge in [0.05, 0.1) is 0 Å². The van der Waals surface area contributed by atoms with Gasteiger partial charge in [0.1, 0.15) is 22.7 Å². The van der Waals surface area contributed by atoms with E-state index in [4.69, 9.17) is 9.47 Å². The molecule has 0 aliphatic carbocycles. The van der Waals surface area contributed by atoms with Crippen LogP contribution in [0.1, 0.15) is 39.4 Å². The molecule has 1 N–H and O–H groups in total. The molecule has 2 rings (SSSR count). The molecule has 1 atom stereocenters. The molecule has 1 amide bonds. The molecule has 1 aromatic heterocycles. The molecule has 128 valence electrons. The van der Waals surface area contributed by atoms with E-state index in [1.165, 1.54) is 17.8 Å². The van der Waals surface area contributed by atoms with Crippen LogP contribution in [0.25, 0.3) is 11.0 Å². The molecule has 8 heteroatoms. The summed E-state index contributed by atoms with van der Waals surface area (Å²) >= 11 is 0. The Bertz CT molecular complexity index is 776. The van der Waals surface area contributed by atoms with Gasteiger partial charge < -0.3 is 9.47 Å². The van der Waals surface area contributed by atoms with Crippen molar-refractivity contribution in [2.45, 2.75) is 39.4 Å². The molecule has 0 bridgehead atoms. The maximum absolute atomic E-state index is 12.0. The predicted octanol–water partition coefficient (Wildman–Crippen LogP) is 2.70. The summed E-state index contributed by atoms with van der Waals surface area (Å²) in [5.74, 6) is -0.448. The first-order valence-electron chi connectivity index (χ1n) is 7.35. The Kier molecular flexibility index (Phi) is 4.87. The van der Waals surface area contributed by atoms with Crippen LogP contribution >= 0.6 is 0 Å². The van der Waals surface area contributed by atoms with Gasteiger partial charge in [-0.1, -0.05) is 18.7 Å². The molecule has 0 radical (unpaired) electrons. The second-order valence-electron chi connectivity index (χ2n) is 6.10. The third-order valence-corrected chi connectivity index (χ3v) is 2.91. The van der Waals surface area contributed by atoms with Gasteiger partial charge >= 0.3 is 12.1 Å². The van der Waals surface area contributed by atoms with Crippen LogP contribution in [0, 0.1) is 0 Å². The van der Waals surface area contributed by atoms with Crippen molar-refractivity contribution in [1.29, 1.82) is 0 Å². The van der Waals surface area contributed by atoms with Gasteiger partial charge in [0.15, 0.2) is 0 Å². The fourth-order valence-electron chi connectivity index (χ4n) is 2.11. The highest BCUT2D eigenvalue weighted by atomic mass is 16.6.